The van der Waals surface area contributed by atoms with Gasteiger partial charge in [0.15, 0.2) is 0 Å². The first-order chi connectivity index (χ1) is 13.1. The smallest absolute Gasteiger partial charge is 0.310 e. The third-order valence-corrected chi connectivity index (χ3v) is 5.58. The van der Waals surface area contributed by atoms with Gasteiger partial charge in [-0.05, 0) is 47.0 Å². The zero-order chi connectivity index (χ0) is 21.2. The van der Waals surface area contributed by atoms with E-state index in [1.807, 2.05) is 39.8 Å². The van der Waals surface area contributed by atoms with Crippen molar-refractivity contribution in [3.8, 4) is 0 Å². The molecule has 1 fully saturated rings. The second-order valence-corrected chi connectivity index (χ2v) is 8.80. The van der Waals surface area contributed by atoms with E-state index in [9.17, 15) is 19.5 Å². The monoisotopic (exact) mass is 394 g/mol. The lowest BCUT2D eigenvalue weighted by molar-refractivity contribution is -0.156. The molecule has 0 bridgehead atoms. The first-order valence-electron chi connectivity index (χ1n) is 10.2. The number of likely N-dealkylation sites (tertiary alicyclic amines) is 1. The number of aliphatic hydroxyl groups excluding tert-OH is 1. The molecule has 0 aromatic carbocycles. The molecule has 0 aromatic rings. The van der Waals surface area contributed by atoms with Crippen LogP contribution in [-0.4, -0.2) is 58.6 Å². The molecule has 0 unspecified atom stereocenters. The van der Waals surface area contributed by atoms with Crippen LogP contribution in [0.1, 0.15) is 48.0 Å². The van der Waals surface area contributed by atoms with Crippen molar-refractivity contribution in [3.63, 3.8) is 0 Å². The van der Waals surface area contributed by atoms with E-state index in [2.05, 4.69) is 5.32 Å². The molecule has 1 saturated heterocycles. The molecule has 1 heterocycles. The number of nitrogens with one attached hydrogen (secondary N) is 1. The SMILES string of the molecule is CCOC(=O)[C@H]1[C@@H]2C(=O)N([C@H](C)CO)[C@H](C(=O)NC(C)(C)C)[C@H]2C=C[C@H]1CC. The Morgan fingerprint density at radius 3 is 2.43 bits per heavy atom. The lowest BCUT2D eigenvalue weighted by Gasteiger charge is -2.34. The van der Waals surface area contributed by atoms with Crippen molar-refractivity contribution in [1.82, 2.24) is 10.2 Å². The number of carbonyl (C=O) groups excluding carboxylic acids is 3. The molecule has 0 radical (unpaired) electrons. The Morgan fingerprint density at radius 2 is 1.93 bits per heavy atom. The highest BCUT2D eigenvalue weighted by atomic mass is 16.5. The molecule has 2 N–H and O–H groups in total. The molecule has 7 heteroatoms. The van der Waals surface area contributed by atoms with Gasteiger partial charge in [0.2, 0.25) is 11.8 Å². The minimum Gasteiger partial charge on any atom is -0.466 e. The fraction of sp³-hybridized carbons (Fsp3) is 0.762. The van der Waals surface area contributed by atoms with E-state index in [0.717, 1.165) is 0 Å². The van der Waals surface area contributed by atoms with Gasteiger partial charge >= 0.3 is 5.97 Å². The van der Waals surface area contributed by atoms with Gasteiger partial charge in [-0.3, -0.25) is 14.4 Å². The van der Waals surface area contributed by atoms with Gasteiger partial charge in [0.05, 0.1) is 31.1 Å². The quantitative estimate of drug-likeness (QED) is 0.526. The van der Waals surface area contributed by atoms with Crippen molar-refractivity contribution in [3.05, 3.63) is 12.2 Å². The number of nitrogens with zero attached hydrogens (tertiary/aromatic N) is 1. The van der Waals surface area contributed by atoms with Gasteiger partial charge in [0.25, 0.3) is 0 Å². The topological polar surface area (TPSA) is 95.9 Å². The zero-order valence-electron chi connectivity index (χ0n) is 17.8. The summed E-state index contributed by atoms with van der Waals surface area (Å²) in [5, 5.41) is 12.7. The Balaban J connectivity index is 2.50. The summed E-state index contributed by atoms with van der Waals surface area (Å²) in [6.45, 7) is 11.1. The van der Waals surface area contributed by atoms with Crippen LogP contribution in [0, 0.1) is 23.7 Å². The maximum atomic E-state index is 13.4. The third kappa shape index (κ3) is 4.24. The van der Waals surface area contributed by atoms with Crippen LogP contribution >= 0.6 is 0 Å². The Bertz CT molecular complexity index is 639. The van der Waals surface area contributed by atoms with Crippen LogP contribution in [-0.2, 0) is 19.1 Å². The van der Waals surface area contributed by atoms with Crippen molar-refractivity contribution in [2.24, 2.45) is 23.7 Å². The first-order valence-corrected chi connectivity index (χ1v) is 10.2. The summed E-state index contributed by atoms with van der Waals surface area (Å²) < 4.78 is 5.27. The minimum atomic E-state index is -0.759. The molecule has 1 aliphatic carbocycles. The molecule has 0 aromatic heterocycles. The molecule has 0 spiro atoms. The summed E-state index contributed by atoms with van der Waals surface area (Å²) in [4.78, 5) is 40.7. The molecular weight excluding hydrogens is 360 g/mol. The van der Waals surface area contributed by atoms with Crippen molar-refractivity contribution in [1.29, 1.82) is 0 Å². The number of esters is 1. The first kappa shape index (κ1) is 22.4. The van der Waals surface area contributed by atoms with Crippen molar-refractivity contribution in [2.45, 2.75) is 65.6 Å². The molecular formula is C21H34N2O5. The normalized spacial score (nSPS) is 30.8. The summed E-state index contributed by atoms with van der Waals surface area (Å²) in [6, 6.07) is -1.28. The largest absolute Gasteiger partial charge is 0.466 e. The molecule has 7 nitrogen and oxygen atoms in total. The summed E-state index contributed by atoms with van der Waals surface area (Å²) in [5.41, 5.74) is -0.461. The predicted octanol–water partition coefficient (Wildman–Crippen LogP) is 1.50. The summed E-state index contributed by atoms with van der Waals surface area (Å²) >= 11 is 0. The van der Waals surface area contributed by atoms with E-state index in [1.54, 1.807) is 13.8 Å². The second-order valence-electron chi connectivity index (χ2n) is 8.80. The summed E-state index contributed by atoms with van der Waals surface area (Å²) in [5.74, 6) is -2.74. The van der Waals surface area contributed by atoms with Gasteiger partial charge in [-0.2, -0.15) is 0 Å². The van der Waals surface area contributed by atoms with Gasteiger partial charge in [-0.25, -0.2) is 0 Å². The number of fused-ring (bicyclic) bond motifs is 1. The van der Waals surface area contributed by atoms with Crippen LogP contribution in [0.2, 0.25) is 0 Å². The van der Waals surface area contributed by atoms with E-state index in [4.69, 9.17) is 4.74 Å². The predicted molar refractivity (Wildman–Crippen MR) is 105 cm³/mol. The van der Waals surface area contributed by atoms with Gasteiger partial charge in [0, 0.05) is 11.5 Å². The number of aliphatic hydroxyl groups is 1. The van der Waals surface area contributed by atoms with Gasteiger partial charge < -0.3 is 20.1 Å². The second kappa shape index (κ2) is 8.64. The van der Waals surface area contributed by atoms with E-state index in [0.29, 0.717) is 6.42 Å². The Labute approximate surface area is 167 Å². The molecule has 1 aliphatic heterocycles. The minimum absolute atomic E-state index is 0.111. The maximum Gasteiger partial charge on any atom is 0.310 e. The van der Waals surface area contributed by atoms with E-state index >= 15 is 0 Å². The van der Waals surface area contributed by atoms with Crippen molar-refractivity contribution < 1.29 is 24.2 Å². The molecule has 0 saturated carbocycles. The molecule has 6 atom stereocenters. The molecule has 158 valence electrons. The number of hydrogen-bond donors (Lipinski definition) is 2. The van der Waals surface area contributed by atoms with Crippen LogP contribution in [0.15, 0.2) is 12.2 Å². The van der Waals surface area contributed by atoms with E-state index in [1.165, 1.54) is 4.90 Å². The van der Waals surface area contributed by atoms with E-state index < -0.39 is 41.3 Å². The van der Waals surface area contributed by atoms with Gasteiger partial charge in [-0.1, -0.05) is 19.1 Å². The Hall–Kier alpha value is -1.89. The van der Waals surface area contributed by atoms with Crippen LogP contribution < -0.4 is 5.32 Å². The van der Waals surface area contributed by atoms with Crippen LogP contribution in [0.4, 0.5) is 0 Å². The number of amides is 2. The number of hydrogen-bond acceptors (Lipinski definition) is 5. The van der Waals surface area contributed by atoms with Crippen LogP contribution in [0.3, 0.4) is 0 Å². The van der Waals surface area contributed by atoms with Crippen LogP contribution in [0.5, 0.6) is 0 Å². The summed E-state index contributed by atoms with van der Waals surface area (Å²) in [6.07, 6.45) is 4.55. The highest BCUT2D eigenvalue weighted by Crippen LogP contribution is 2.46. The lowest BCUT2D eigenvalue weighted by atomic mass is 9.69. The fourth-order valence-electron chi connectivity index (χ4n) is 4.40. The fourth-order valence-corrected chi connectivity index (χ4v) is 4.40. The molecule has 2 aliphatic rings. The number of rotatable bonds is 6. The highest BCUT2D eigenvalue weighted by molar-refractivity contribution is 5.96. The van der Waals surface area contributed by atoms with Crippen molar-refractivity contribution in [2.75, 3.05) is 13.2 Å². The standard InChI is InChI=1S/C21H34N2O5/c1-7-13-9-10-14-16(15(13)20(27)28-8-2)19(26)23(12(3)11-24)17(14)18(25)22-21(4,5)6/h9-10,12-17,24H,7-8,11H2,1-6H3,(H,22,25)/t12-,13-,14+,15-,16-,17+/m1/s1. The van der Waals surface area contributed by atoms with Crippen LogP contribution in [0.25, 0.3) is 0 Å². The summed E-state index contributed by atoms with van der Waals surface area (Å²) in [7, 11) is 0. The third-order valence-electron chi connectivity index (χ3n) is 5.58. The maximum absolute atomic E-state index is 13.4. The zero-order valence-corrected chi connectivity index (χ0v) is 17.8. The molecule has 28 heavy (non-hydrogen) atoms. The number of carbonyl (C=O) groups is 3. The van der Waals surface area contributed by atoms with Gasteiger partial charge in [-0.15, -0.1) is 0 Å². The highest BCUT2D eigenvalue weighted by Gasteiger charge is 2.58. The molecule has 2 amide bonds. The number of ether oxygens (including phenoxy) is 1. The Morgan fingerprint density at radius 1 is 1.29 bits per heavy atom. The molecule has 2 rings (SSSR count). The lowest BCUT2D eigenvalue weighted by Crippen LogP contribution is -2.55. The number of allylic oxidation sites excluding steroid dienone is 1. The van der Waals surface area contributed by atoms with Crippen molar-refractivity contribution >= 4 is 17.8 Å². The average molecular weight is 395 g/mol. The van der Waals surface area contributed by atoms with Gasteiger partial charge in [0.1, 0.15) is 6.04 Å². The average Bonchev–Trinajstić information content (AvgIpc) is 2.91. The van der Waals surface area contributed by atoms with E-state index in [-0.39, 0.29) is 30.9 Å². The Kier molecular flexibility index (Phi) is 6.91.